The molecule has 1 aliphatic heterocycles. The molecule has 11 heteroatoms. The van der Waals surface area contributed by atoms with Crippen LogP contribution in [0.3, 0.4) is 0 Å². The van der Waals surface area contributed by atoms with Gasteiger partial charge < -0.3 is 20.5 Å². The van der Waals surface area contributed by atoms with Gasteiger partial charge in [0.1, 0.15) is 18.1 Å². The van der Waals surface area contributed by atoms with Gasteiger partial charge in [0.05, 0.1) is 11.3 Å². The fourth-order valence-corrected chi connectivity index (χ4v) is 3.94. The number of carbonyl (C=O) groups is 1. The summed E-state index contributed by atoms with van der Waals surface area (Å²) in [6.45, 7) is 4.33. The molecule has 0 saturated carbocycles. The molecule has 198 valence electrons. The number of nitrogens with zero attached hydrogens (tertiary/aromatic N) is 3. The third kappa shape index (κ3) is 7.96. The van der Waals surface area contributed by atoms with Crippen LogP contribution < -0.4 is 15.8 Å². The van der Waals surface area contributed by atoms with E-state index in [9.17, 15) is 18.0 Å². The van der Waals surface area contributed by atoms with Crippen LogP contribution in [0.5, 0.6) is 5.88 Å². The van der Waals surface area contributed by atoms with Crippen LogP contribution in [-0.4, -0.2) is 54.7 Å². The molecule has 2 aromatic heterocycles. The number of aldehydes is 1. The van der Waals surface area contributed by atoms with Crippen molar-refractivity contribution < 1.29 is 27.4 Å². The predicted octanol–water partition coefficient (Wildman–Crippen LogP) is 4.38. The Morgan fingerprint density at radius 1 is 1.14 bits per heavy atom. The molecule has 0 radical (unpaired) electrons. The average Bonchev–Trinajstić information content (AvgIpc) is 2.88. The number of nitrogens with two attached hydrogens (primary N) is 1. The predicted molar refractivity (Wildman–Crippen MR) is 134 cm³/mol. The number of hydrogen-bond acceptors (Lipinski definition) is 8. The second kappa shape index (κ2) is 13.7. The molecule has 1 fully saturated rings. The first kappa shape index (κ1) is 28.0. The molecular weight excluding hydrogens is 487 g/mol. The largest absolute Gasteiger partial charge is 0.469 e. The molecule has 3 heterocycles. The Labute approximate surface area is 213 Å². The first-order chi connectivity index (χ1) is 17.8. The van der Waals surface area contributed by atoms with Crippen molar-refractivity contribution in [2.24, 2.45) is 5.92 Å². The van der Waals surface area contributed by atoms with Crippen molar-refractivity contribution in [3.8, 4) is 28.3 Å². The fourth-order valence-electron chi connectivity index (χ4n) is 3.94. The number of hydrogen-bond donors (Lipinski definition) is 2. The minimum atomic E-state index is -2.79. The first-order valence-electron chi connectivity index (χ1n) is 11.8. The van der Waals surface area contributed by atoms with Crippen LogP contribution in [0.4, 0.5) is 19.1 Å². The zero-order chi connectivity index (χ0) is 26.8. The summed E-state index contributed by atoms with van der Waals surface area (Å²) in [4.78, 5) is 22.8. The summed E-state index contributed by atoms with van der Waals surface area (Å²) in [6.07, 6.45) is 0.200. The highest BCUT2D eigenvalue weighted by atomic mass is 19.3. The van der Waals surface area contributed by atoms with E-state index in [0.29, 0.717) is 23.1 Å². The lowest BCUT2D eigenvalue weighted by atomic mass is 9.99. The molecule has 0 aliphatic carbocycles. The standard InChI is InChI=1S/C19H15F3N4O2.C7H15NO/c1-10-8-12(9-14(24-10)17(21)22)15-16(11-2-4-13(20)5-3-11)25-19(23)26-18(15)28-7-6-27;1-8-6-7-2-4-9-5-3-7/h2-6,8-9,17H,7H2,1H3,(H2,23,25,26);7-8H,2-6H2,1H3. The first-order valence-corrected chi connectivity index (χ1v) is 11.8. The van der Waals surface area contributed by atoms with Gasteiger partial charge in [0.15, 0.2) is 6.29 Å². The van der Waals surface area contributed by atoms with Crippen molar-refractivity contribution in [2.45, 2.75) is 26.2 Å². The third-order valence-electron chi connectivity index (χ3n) is 5.62. The number of halogens is 3. The van der Waals surface area contributed by atoms with Gasteiger partial charge in [0.25, 0.3) is 6.43 Å². The monoisotopic (exact) mass is 517 g/mol. The number of aryl methyl sites for hydroxylation is 1. The van der Waals surface area contributed by atoms with E-state index in [4.69, 9.17) is 15.2 Å². The highest BCUT2D eigenvalue weighted by molar-refractivity contribution is 5.85. The number of alkyl halides is 2. The summed E-state index contributed by atoms with van der Waals surface area (Å²) in [6, 6.07) is 8.13. The van der Waals surface area contributed by atoms with E-state index in [1.165, 1.54) is 43.2 Å². The van der Waals surface area contributed by atoms with Gasteiger partial charge in [-0.2, -0.15) is 4.98 Å². The Morgan fingerprint density at radius 2 is 1.84 bits per heavy atom. The van der Waals surface area contributed by atoms with E-state index in [-0.39, 0.29) is 29.7 Å². The molecular formula is C26H30F3N5O3. The minimum absolute atomic E-state index is 0.0512. The van der Waals surface area contributed by atoms with E-state index < -0.39 is 17.9 Å². The van der Waals surface area contributed by atoms with Crippen LogP contribution in [0, 0.1) is 18.7 Å². The smallest absolute Gasteiger partial charge is 0.280 e. The summed E-state index contributed by atoms with van der Waals surface area (Å²) < 4.78 is 50.4. The highest BCUT2D eigenvalue weighted by Crippen LogP contribution is 2.39. The van der Waals surface area contributed by atoms with Crippen LogP contribution in [0.15, 0.2) is 36.4 Å². The number of anilines is 1. The Balaban J connectivity index is 0.000000356. The van der Waals surface area contributed by atoms with Gasteiger partial charge in [0.2, 0.25) is 11.8 Å². The number of nitrogens with one attached hydrogen (secondary N) is 1. The number of benzene rings is 1. The molecule has 1 aromatic carbocycles. The van der Waals surface area contributed by atoms with Gasteiger partial charge in [-0.15, -0.1) is 0 Å². The van der Waals surface area contributed by atoms with Crippen LogP contribution >= 0.6 is 0 Å². The molecule has 0 bridgehead atoms. The highest BCUT2D eigenvalue weighted by Gasteiger charge is 2.21. The third-order valence-corrected chi connectivity index (χ3v) is 5.62. The van der Waals surface area contributed by atoms with Crippen LogP contribution in [0.2, 0.25) is 0 Å². The van der Waals surface area contributed by atoms with Gasteiger partial charge >= 0.3 is 0 Å². The van der Waals surface area contributed by atoms with E-state index >= 15 is 0 Å². The Morgan fingerprint density at radius 3 is 2.46 bits per heavy atom. The maximum absolute atomic E-state index is 13.3. The van der Waals surface area contributed by atoms with Crippen molar-refractivity contribution in [1.29, 1.82) is 0 Å². The van der Waals surface area contributed by atoms with Crippen LogP contribution in [-0.2, 0) is 9.53 Å². The Hall–Kier alpha value is -3.57. The number of ether oxygens (including phenoxy) is 2. The number of pyridine rings is 1. The topological polar surface area (TPSA) is 112 Å². The van der Waals surface area contributed by atoms with Gasteiger partial charge in [-0.25, -0.2) is 18.2 Å². The molecule has 1 aliphatic rings. The van der Waals surface area contributed by atoms with Crippen molar-refractivity contribution in [1.82, 2.24) is 20.3 Å². The quantitative estimate of drug-likeness (QED) is 0.424. The number of rotatable bonds is 8. The van der Waals surface area contributed by atoms with Gasteiger partial charge in [-0.1, -0.05) is 0 Å². The molecule has 3 N–H and O–H groups in total. The summed E-state index contributed by atoms with van der Waals surface area (Å²) in [7, 11) is 2.01. The Kier molecular flexibility index (Phi) is 10.3. The lowest BCUT2D eigenvalue weighted by molar-refractivity contribution is -0.109. The van der Waals surface area contributed by atoms with Crippen molar-refractivity contribution in [3.63, 3.8) is 0 Å². The maximum atomic E-state index is 13.3. The Bertz CT molecular complexity index is 1170. The molecule has 37 heavy (non-hydrogen) atoms. The SMILES string of the molecule is CNCC1CCOCC1.Cc1cc(-c2c(OCC=O)nc(N)nc2-c2ccc(F)cc2)cc(C(F)F)n1. The molecule has 1 saturated heterocycles. The zero-order valence-electron chi connectivity index (χ0n) is 20.7. The van der Waals surface area contributed by atoms with Crippen molar-refractivity contribution in [3.05, 3.63) is 53.6 Å². The fraction of sp³-hybridized carbons (Fsp3) is 0.385. The van der Waals surface area contributed by atoms with Gasteiger partial charge in [-0.05, 0) is 81.2 Å². The molecule has 8 nitrogen and oxygen atoms in total. The average molecular weight is 518 g/mol. The number of aromatic nitrogens is 3. The van der Waals surface area contributed by atoms with E-state index in [2.05, 4.69) is 20.3 Å². The number of carbonyl (C=O) groups excluding carboxylic acids is 1. The zero-order valence-corrected chi connectivity index (χ0v) is 20.7. The molecule has 0 spiro atoms. The molecule has 0 unspecified atom stereocenters. The second-order valence-corrected chi connectivity index (χ2v) is 8.43. The molecule has 4 rings (SSSR count). The molecule has 0 amide bonds. The lowest BCUT2D eigenvalue weighted by Crippen LogP contribution is -2.25. The van der Waals surface area contributed by atoms with Crippen molar-refractivity contribution in [2.75, 3.05) is 39.1 Å². The minimum Gasteiger partial charge on any atom is -0.469 e. The molecule has 3 aromatic rings. The number of nitrogen functional groups attached to an aromatic ring is 1. The van der Waals surface area contributed by atoms with Gasteiger partial charge in [0, 0.05) is 24.5 Å². The van der Waals surface area contributed by atoms with E-state index in [1.807, 2.05) is 7.05 Å². The lowest BCUT2D eigenvalue weighted by Gasteiger charge is -2.21. The molecule has 0 atom stereocenters. The van der Waals surface area contributed by atoms with Gasteiger partial charge in [-0.3, -0.25) is 9.78 Å². The maximum Gasteiger partial charge on any atom is 0.280 e. The second-order valence-electron chi connectivity index (χ2n) is 8.43. The summed E-state index contributed by atoms with van der Waals surface area (Å²) >= 11 is 0. The van der Waals surface area contributed by atoms with E-state index in [1.54, 1.807) is 13.0 Å². The summed E-state index contributed by atoms with van der Waals surface area (Å²) in [5.41, 5.74) is 6.94. The van der Waals surface area contributed by atoms with Crippen LogP contribution in [0.1, 0.15) is 30.7 Å². The summed E-state index contributed by atoms with van der Waals surface area (Å²) in [5.74, 6) is 0.210. The summed E-state index contributed by atoms with van der Waals surface area (Å²) in [5, 5.41) is 3.18. The van der Waals surface area contributed by atoms with Crippen molar-refractivity contribution >= 4 is 12.2 Å². The van der Waals surface area contributed by atoms with E-state index in [0.717, 1.165) is 25.7 Å². The normalized spacial score (nSPS) is 13.7. The van der Waals surface area contributed by atoms with Crippen LogP contribution in [0.25, 0.3) is 22.4 Å².